The third kappa shape index (κ3) is 4.82. The van der Waals surface area contributed by atoms with Gasteiger partial charge in [-0.3, -0.25) is 4.68 Å². The SMILES string of the molecule is CCCNC(Cc1cc(C)nn1C)CC1CC(OCC)C1. The van der Waals surface area contributed by atoms with Gasteiger partial charge in [0.25, 0.3) is 0 Å². The van der Waals surface area contributed by atoms with Gasteiger partial charge in [-0.05, 0) is 58.1 Å². The molecular formula is C17H31N3O. The highest BCUT2D eigenvalue weighted by Crippen LogP contribution is 2.34. The van der Waals surface area contributed by atoms with E-state index in [-0.39, 0.29) is 0 Å². The second-order valence-electron chi connectivity index (χ2n) is 6.41. The molecule has 0 spiro atoms. The molecule has 4 heteroatoms. The molecule has 0 radical (unpaired) electrons. The average molecular weight is 293 g/mol. The summed E-state index contributed by atoms with van der Waals surface area (Å²) in [5.41, 5.74) is 2.45. The highest BCUT2D eigenvalue weighted by Gasteiger charge is 2.31. The van der Waals surface area contributed by atoms with Crippen LogP contribution in [0.3, 0.4) is 0 Å². The van der Waals surface area contributed by atoms with Gasteiger partial charge in [0.1, 0.15) is 0 Å². The maximum absolute atomic E-state index is 5.68. The van der Waals surface area contributed by atoms with Crippen LogP contribution in [0.4, 0.5) is 0 Å². The van der Waals surface area contributed by atoms with E-state index in [4.69, 9.17) is 4.74 Å². The lowest BCUT2D eigenvalue weighted by atomic mass is 9.77. The lowest BCUT2D eigenvalue weighted by Crippen LogP contribution is -2.39. The minimum atomic E-state index is 0.519. The molecule has 1 aromatic heterocycles. The van der Waals surface area contributed by atoms with Crippen LogP contribution in [0, 0.1) is 12.8 Å². The Kier molecular flexibility index (Phi) is 6.24. The van der Waals surface area contributed by atoms with Gasteiger partial charge in [0, 0.05) is 31.8 Å². The first kappa shape index (κ1) is 16.5. The third-order valence-electron chi connectivity index (χ3n) is 4.45. The van der Waals surface area contributed by atoms with Crippen LogP contribution in [0.5, 0.6) is 0 Å². The van der Waals surface area contributed by atoms with E-state index < -0.39 is 0 Å². The summed E-state index contributed by atoms with van der Waals surface area (Å²) in [5.74, 6) is 0.824. The monoisotopic (exact) mass is 293 g/mol. The quantitative estimate of drug-likeness (QED) is 0.761. The van der Waals surface area contributed by atoms with Crippen LogP contribution in [-0.4, -0.2) is 35.1 Å². The Bertz CT molecular complexity index is 424. The van der Waals surface area contributed by atoms with E-state index in [1.165, 1.54) is 31.4 Å². The van der Waals surface area contributed by atoms with Gasteiger partial charge in [0.2, 0.25) is 0 Å². The topological polar surface area (TPSA) is 39.1 Å². The lowest BCUT2D eigenvalue weighted by molar-refractivity contribution is -0.0290. The molecule has 1 aliphatic carbocycles. The molecule has 120 valence electrons. The fraction of sp³-hybridized carbons (Fsp3) is 0.824. The molecule has 4 nitrogen and oxygen atoms in total. The Morgan fingerprint density at radius 1 is 1.43 bits per heavy atom. The second kappa shape index (κ2) is 7.95. The number of aromatic nitrogens is 2. The molecule has 1 aliphatic rings. The zero-order valence-electron chi connectivity index (χ0n) is 14.1. The first-order chi connectivity index (χ1) is 10.1. The summed E-state index contributed by atoms with van der Waals surface area (Å²) >= 11 is 0. The van der Waals surface area contributed by atoms with Crippen LogP contribution in [0.25, 0.3) is 0 Å². The number of ether oxygens (including phenoxy) is 1. The predicted octanol–water partition coefficient (Wildman–Crippen LogP) is 2.84. The summed E-state index contributed by atoms with van der Waals surface area (Å²) < 4.78 is 7.70. The van der Waals surface area contributed by atoms with Gasteiger partial charge in [0.05, 0.1) is 11.8 Å². The van der Waals surface area contributed by atoms with Crippen LogP contribution in [0.1, 0.15) is 50.9 Å². The molecule has 1 fully saturated rings. The van der Waals surface area contributed by atoms with E-state index >= 15 is 0 Å². The smallest absolute Gasteiger partial charge is 0.0596 e. The minimum absolute atomic E-state index is 0.519. The van der Waals surface area contributed by atoms with Crippen LogP contribution in [0.15, 0.2) is 6.07 Å². The van der Waals surface area contributed by atoms with Crippen LogP contribution in [0.2, 0.25) is 0 Å². The summed E-state index contributed by atoms with van der Waals surface area (Å²) in [5, 5.41) is 8.18. The Morgan fingerprint density at radius 3 is 2.76 bits per heavy atom. The van der Waals surface area contributed by atoms with E-state index in [2.05, 4.69) is 37.3 Å². The van der Waals surface area contributed by atoms with E-state index in [1.54, 1.807) is 0 Å². The third-order valence-corrected chi connectivity index (χ3v) is 4.45. The Balaban J connectivity index is 1.85. The van der Waals surface area contributed by atoms with Crippen molar-refractivity contribution in [3.05, 3.63) is 17.5 Å². The standard InChI is InChI=1S/C17H31N3O/c1-5-7-18-15(9-14-10-17(11-14)21-6-2)12-16-8-13(3)19-20(16)4/h8,14-15,17-18H,5-7,9-12H2,1-4H3. The molecule has 1 unspecified atom stereocenters. The van der Waals surface area contributed by atoms with Crippen LogP contribution >= 0.6 is 0 Å². The summed E-state index contributed by atoms with van der Waals surface area (Å²) in [6.07, 6.45) is 6.52. The zero-order valence-corrected chi connectivity index (χ0v) is 14.1. The van der Waals surface area contributed by atoms with Crippen molar-refractivity contribution in [3.63, 3.8) is 0 Å². The summed E-state index contributed by atoms with van der Waals surface area (Å²) in [4.78, 5) is 0. The first-order valence-electron chi connectivity index (χ1n) is 8.46. The summed E-state index contributed by atoms with van der Waals surface area (Å²) in [6.45, 7) is 8.33. The Morgan fingerprint density at radius 2 is 2.19 bits per heavy atom. The van der Waals surface area contributed by atoms with Gasteiger partial charge >= 0.3 is 0 Å². The largest absolute Gasteiger partial charge is 0.378 e. The van der Waals surface area contributed by atoms with Gasteiger partial charge in [-0.1, -0.05) is 6.92 Å². The molecule has 0 bridgehead atoms. The van der Waals surface area contributed by atoms with Crippen molar-refractivity contribution in [1.29, 1.82) is 0 Å². The number of aryl methyl sites for hydroxylation is 2. The first-order valence-corrected chi connectivity index (χ1v) is 8.46. The van der Waals surface area contributed by atoms with Gasteiger partial charge < -0.3 is 10.1 Å². The maximum atomic E-state index is 5.68. The number of rotatable bonds is 9. The molecule has 1 heterocycles. The highest BCUT2D eigenvalue weighted by molar-refractivity contribution is 5.10. The molecule has 0 amide bonds. The highest BCUT2D eigenvalue weighted by atomic mass is 16.5. The second-order valence-corrected chi connectivity index (χ2v) is 6.41. The van der Waals surface area contributed by atoms with Crippen molar-refractivity contribution in [3.8, 4) is 0 Å². The molecule has 2 rings (SSSR count). The molecule has 0 saturated heterocycles. The fourth-order valence-corrected chi connectivity index (χ4v) is 3.34. The zero-order chi connectivity index (χ0) is 15.2. The average Bonchev–Trinajstić information content (AvgIpc) is 2.71. The van der Waals surface area contributed by atoms with Crippen molar-refractivity contribution < 1.29 is 4.74 Å². The fourth-order valence-electron chi connectivity index (χ4n) is 3.34. The Hall–Kier alpha value is -0.870. The molecular weight excluding hydrogens is 262 g/mol. The van der Waals surface area contributed by atoms with Crippen molar-refractivity contribution in [2.45, 2.75) is 65.0 Å². The molecule has 1 aromatic rings. The van der Waals surface area contributed by atoms with Crippen LogP contribution in [-0.2, 0) is 18.2 Å². The van der Waals surface area contributed by atoms with E-state index in [1.807, 2.05) is 11.7 Å². The molecule has 1 N–H and O–H groups in total. The predicted molar refractivity (Wildman–Crippen MR) is 86.5 cm³/mol. The maximum Gasteiger partial charge on any atom is 0.0596 e. The van der Waals surface area contributed by atoms with Gasteiger partial charge in [0.15, 0.2) is 0 Å². The van der Waals surface area contributed by atoms with Crippen LogP contribution < -0.4 is 5.32 Å². The normalized spacial score (nSPS) is 23.0. The minimum Gasteiger partial charge on any atom is -0.378 e. The van der Waals surface area contributed by atoms with E-state index in [0.717, 1.165) is 31.2 Å². The number of hydrogen-bond donors (Lipinski definition) is 1. The molecule has 0 aliphatic heterocycles. The van der Waals surface area contributed by atoms with Crippen molar-refractivity contribution in [2.75, 3.05) is 13.2 Å². The van der Waals surface area contributed by atoms with Gasteiger partial charge in [-0.2, -0.15) is 5.10 Å². The molecule has 1 saturated carbocycles. The number of nitrogens with one attached hydrogen (secondary N) is 1. The number of nitrogens with zero attached hydrogens (tertiary/aromatic N) is 2. The molecule has 21 heavy (non-hydrogen) atoms. The van der Waals surface area contributed by atoms with E-state index in [0.29, 0.717) is 12.1 Å². The molecule has 1 atom stereocenters. The Labute approximate surface area is 129 Å². The van der Waals surface area contributed by atoms with Gasteiger partial charge in [-0.15, -0.1) is 0 Å². The van der Waals surface area contributed by atoms with Gasteiger partial charge in [-0.25, -0.2) is 0 Å². The summed E-state index contributed by atoms with van der Waals surface area (Å²) in [7, 11) is 2.05. The molecule has 0 aromatic carbocycles. The van der Waals surface area contributed by atoms with Crippen molar-refractivity contribution in [1.82, 2.24) is 15.1 Å². The number of hydrogen-bond acceptors (Lipinski definition) is 3. The van der Waals surface area contributed by atoms with Crippen molar-refractivity contribution >= 4 is 0 Å². The summed E-state index contributed by atoms with van der Waals surface area (Å²) in [6, 6.07) is 2.78. The van der Waals surface area contributed by atoms with E-state index in [9.17, 15) is 0 Å². The lowest BCUT2D eigenvalue weighted by Gasteiger charge is -2.37. The van der Waals surface area contributed by atoms with Crippen molar-refractivity contribution in [2.24, 2.45) is 13.0 Å².